The number of aromatic nitrogens is 2. The summed E-state index contributed by atoms with van der Waals surface area (Å²) in [5, 5.41) is 12.2. The minimum atomic E-state index is -2.76. The SMILES string of the molecule is Cc1c(Cl)c(C(F)F)nn1C[C@@H](C)C(=O)O. The van der Waals surface area contributed by atoms with E-state index in [9.17, 15) is 13.6 Å². The van der Waals surface area contributed by atoms with Gasteiger partial charge >= 0.3 is 5.97 Å². The van der Waals surface area contributed by atoms with Crippen LogP contribution in [-0.4, -0.2) is 20.9 Å². The van der Waals surface area contributed by atoms with Crippen LogP contribution in [0.15, 0.2) is 0 Å². The summed E-state index contributed by atoms with van der Waals surface area (Å²) >= 11 is 5.66. The van der Waals surface area contributed by atoms with Crippen molar-refractivity contribution in [2.75, 3.05) is 0 Å². The van der Waals surface area contributed by atoms with Gasteiger partial charge in [0.2, 0.25) is 0 Å². The van der Waals surface area contributed by atoms with E-state index in [0.29, 0.717) is 5.69 Å². The number of hydrogen-bond donors (Lipinski definition) is 1. The molecule has 7 heteroatoms. The summed E-state index contributed by atoms with van der Waals surface area (Å²) in [5.41, 5.74) is -0.151. The van der Waals surface area contributed by atoms with E-state index >= 15 is 0 Å². The smallest absolute Gasteiger partial charge is 0.308 e. The Hall–Kier alpha value is -1.17. The molecule has 1 aromatic rings. The maximum absolute atomic E-state index is 12.4. The summed E-state index contributed by atoms with van der Waals surface area (Å²) in [5.74, 6) is -1.72. The van der Waals surface area contributed by atoms with E-state index in [2.05, 4.69) is 5.10 Å². The monoisotopic (exact) mass is 252 g/mol. The Labute approximate surface area is 95.8 Å². The molecule has 0 bridgehead atoms. The molecule has 0 amide bonds. The number of aliphatic carboxylic acids is 1. The molecule has 4 nitrogen and oxygen atoms in total. The lowest BCUT2D eigenvalue weighted by Crippen LogP contribution is -2.18. The topological polar surface area (TPSA) is 55.1 Å². The van der Waals surface area contributed by atoms with Crippen LogP contribution in [0.3, 0.4) is 0 Å². The van der Waals surface area contributed by atoms with Gasteiger partial charge in [0.25, 0.3) is 6.43 Å². The summed E-state index contributed by atoms with van der Waals surface area (Å²) in [7, 11) is 0. The van der Waals surface area contributed by atoms with Gasteiger partial charge in [-0.1, -0.05) is 18.5 Å². The lowest BCUT2D eigenvalue weighted by molar-refractivity contribution is -0.141. The molecule has 0 aliphatic heterocycles. The number of halogens is 3. The summed E-state index contributed by atoms with van der Waals surface area (Å²) in [6.45, 7) is 3.02. The van der Waals surface area contributed by atoms with Crippen LogP contribution in [0.25, 0.3) is 0 Å². The highest BCUT2D eigenvalue weighted by atomic mass is 35.5. The van der Waals surface area contributed by atoms with Crippen molar-refractivity contribution in [1.82, 2.24) is 9.78 Å². The van der Waals surface area contributed by atoms with Gasteiger partial charge in [-0.2, -0.15) is 5.10 Å². The zero-order valence-electron chi connectivity index (χ0n) is 8.75. The van der Waals surface area contributed by atoms with Crippen molar-refractivity contribution in [1.29, 1.82) is 0 Å². The highest BCUT2D eigenvalue weighted by Crippen LogP contribution is 2.28. The summed E-state index contributed by atoms with van der Waals surface area (Å²) < 4.78 is 26.1. The summed E-state index contributed by atoms with van der Waals surface area (Å²) in [6.07, 6.45) is -2.76. The molecule has 16 heavy (non-hydrogen) atoms. The molecule has 1 rings (SSSR count). The Balaban J connectivity index is 2.98. The number of carbonyl (C=O) groups is 1. The quantitative estimate of drug-likeness (QED) is 0.896. The van der Waals surface area contributed by atoms with E-state index in [1.165, 1.54) is 18.5 Å². The van der Waals surface area contributed by atoms with Gasteiger partial charge in [0, 0.05) is 0 Å². The molecule has 0 saturated heterocycles. The van der Waals surface area contributed by atoms with Gasteiger partial charge in [-0.15, -0.1) is 0 Å². The number of nitrogens with zero attached hydrogens (tertiary/aromatic N) is 2. The molecule has 1 aromatic heterocycles. The second-order valence-corrected chi connectivity index (χ2v) is 3.88. The fourth-order valence-corrected chi connectivity index (χ4v) is 1.42. The molecule has 0 aliphatic rings. The predicted molar refractivity (Wildman–Crippen MR) is 53.7 cm³/mol. The van der Waals surface area contributed by atoms with Crippen LogP contribution in [-0.2, 0) is 11.3 Å². The van der Waals surface area contributed by atoms with Crippen molar-refractivity contribution in [3.05, 3.63) is 16.4 Å². The molecule has 1 atom stereocenters. The molecule has 0 radical (unpaired) electrons. The van der Waals surface area contributed by atoms with Gasteiger partial charge in [0.05, 0.1) is 23.2 Å². The molecule has 0 spiro atoms. The number of carboxylic acids is 1. The van der Waals surface area contributed by atoms with Gasteiger partial charge in [0.1, 0.15) is 5.69 Å². The van der Waals surface area contributed by atoms with Crippen molar-refractivity contribution >= 4 is 17.6 Å². The molecular formula is C9H11ClF2N2O2. The highest BCUT2D eigenvalue weighted by molar-refractivity contribution is 6.31. The Morgan fingerprint density at radius 2 is 2.19 bits per heavy atom. The van der Waals surface area contributed by atoms with Gasteiger partial charge in [-0.3, -0.25) is 9.48 Å². The van der Waals surface area contributed by atoms with Crippen LogP contribution < -0.4 is 0 Å². The van der Waals surface area contributed by atoms with Crippen LogP contribution in [0.4, 0.5) is 8.78 Å². The van der Waals surface area contributed by atoms with E-state index < -0.39 is 24.0 Å². The highest BCUT2D eigenvalue weighted by Gasteiger charge is 2.22. The fraction of sp³-hybridized carbons (Fsp3) is 0.556. The number of carboxylic acid groups (broad SMARTS) is 1. The molecule has 1 heterocycles. The van der Waals surface area contributed by atoms with E-state index in [1.807, 2.05) is 0 Å². The normalized spacial score (nSPS) is 13.1. The van der Waals surface area contributed by atoms with Gasteiger partial charge < -0.3 is 5.11 Å². The summed E-state index contributed by atoms with van der Waals surface area (Å²) in [4.78, 5) is 10.6. The average molecular weight is 253 g/mol. The Kier molecular flexibility index (Phi) is 3.85. The minimum absolute atomic E-state index is 0.0214. The second kappa shape index (κ2) is 4.78. The van der Waals surface area contributed by atoms with Crippen LogP contribution in [0.2, 0.25) is 5.02 Å². The Morgan fingerprint density at radius 1 is 1.62 bits per heavy atom. The molecule has 1 N–H and O–H groups in total. The van der Waals surface area contributed by atoms with Crippen LogP contribution in [0.5, 0.6) is 0 Å². The van der Waals surface area contributed by atoms with Crippen molar-refractivity contribution in [3.63, 3.8) is 0 Å². The lowest BCUT2D eigenvalue weighted by Gasteiger charge is -2.07. The van der Waals surface area contributed by atoms with Gasteiger partial charge in [-0.25, -0.2) is 8.78 Å². The zero-order valence-corrected chi connectivity index (χ0v) is 9.50. The molecular weight excluding hydrogens is 242 g/mol. The van der Waals surface area contributed by atoms with E-state index in [0.717, 1.165) is 0 Å². The van der Waals surface area contributed by atoms with Crippen molar-refractivity contribution < 1.29 is 18.7 Å². The Morgan fingerprint density at radius 3 is 2.56 bits per heavy atom. The first-order chi connectivity index (χ1) is 7.34. The van der Waals surface area contributed by atoms with E-state index in [-0.39, 0.29) is 11.6 Å². The summed E-state index contributed by atoms with van der Waals surface area (Å²) in [6, 6.07) is 0. The first-order valence-electron chi connectivity index (χ1n) is 4.58. The lowest BCUT2D eigenvalue weighted by atomic mass is 10.2. The number of alkyl halides is 2. The zero-order chi connectivity index (χ0) is 12.5. The minimum Gasteiger partial charge on any atom is -0.481 e. The van der Waals surface area contributed by atoms with Crippen molar-refractivity contribution in [2.24, 2.45) is 5.92 Å². The molecule has 0 fully saturated rings. The standard InChI is InChI=1S/C9H11ClF2N2O2/c1-4(9(15)16)3-14-5(2)6(10)7(13-14)8(11)12/h4,8H,3H2,1-2H3,(H,15,16)/t4-/m1/s1. The van der Waals surface area contributed by atoms with E-state index in [1.54, 1.807) is 0 Å². The second-order valence-electron chi connectivity index (χ2n) is 3.51. The molecule has 0 aromatic carbocycles. The molecule has 90 valence electrons. The average Bonchev–Trinajstić information content (AvgIpc) is 2.46. The third kappa shape index (κ3) is 2.49. The predicted octanol–water partition coefficient (Wildman–Crippen LogP) is 2.50. The molecule has 0 saturated carbocycles. The number of hydrogen-bond acceptors (Lipinski definition) is 2. The maximum Gasteiger partial charge on any atom is 0.308 e. The van der Waals surface area contributed by atoms with Gasteiger partial charge in [0.15, 0.2) is 0 Å². The van der Waals surface area contributed by atoms with Crippen LogP contribution in [0, 0.1) is 12.8 Å². The molecule has 0 unspecified atom stereocenters. The van der Waals surface area contributed by atoms with Crippen molar-refractivity contribution in [2.45, 2.75) is 26.8 Å². The third-order valence-corrected chi connectivity index (χ3v) is 2.70. The largest absolute Gasteiger partial charge is 0.481 e. The van der Waals surface area contributed by atoms with Crippen LogP contribution in [0.1, 0.15) is 24.7 Å². The fourth-order valence-electron chi connectivity index (χ4n) is 1.20. The first kappa shape index (κ1) is 12.9. The van der Waals surface area contributed by atoms with Gasteiger partial charge in [-0.05, 0) is 6.92 Å². The third-order valence-electron chi connectivity index (χ3n) is 2.23. The van der Waals surface area contributed by atoms with E-state index in [4.69, 9.17) is 16.7 Å². The first-order valence-corrected chi connectivity index (χ1v) is 4.96. The molecule has 0 aliphatic carbocycles. The van der Waals surface area contributed by atoms with Crippen LogP contribution >= 0.6 is 11.6 Å². The maximum atomic E-state index is 12.4. The van der Waals surface area contributed by atoms with Crippen molar-refractivity contribution in [3.8, 4) is 0 Å². The number of rotatable bonds is 4. The Bertz CT molecular complexity index is 406.